The number of hydrogen-bond acceptors (Lipinski definition) is 7. The van der Waals surface area contributed by atoms with E-state index in [0.717, 1.165) is 53.4 Å². The van der Waals surface area contributed by atoms with Gasteiger partial charge in [0.25, 0.3) is 0 Å². The monoisotopic (exact) mass is 557 g/mol. The molecule has 2 atom stereocenters. The number of nitrogens with zero attached hydrogens (tertiary/aromatic N) is 3. The Hall–Kier alpha value is -3.98. The van der Waals surface area contributed by atoms with Crippen LogP contribution in [0.3, 0.4) is 0 Å². The minimum Gasteiger partial charge on any atom is -0.437 e. The smallest absolute Gasteiger partial charge is 0.248 e. The first-order valence-corrected chi connectivity index (χ1v) is 14.2. The predicted molar refractivity (Wildman–Crippen MR) is 155 cm³/mol. The molecule has 0 spiro atoms. The van der Waals surface area contributed by atoms with Crippen LogP contribution in [0, 0.1) is 12.8 Å². The summed E-state index contributed by atoms with van der Waals surface area (Å²) in [5.41, 5.74) is 3.12. The van der Waals surface area contributed by atoms with Crippen molar-refractivity contribution < 1.29 is 18.3 Å². The van der Waals surface area contributed by atoms with Crippen LogP contribution in [0.1, 0.15) is 43.2 Å². The Morgan fingerprint density at radius 2 is 1.98 bits per heavy atom. The average Bonchev–Trinajstić information content (AvgIpc) is 3.35. The summed E-state index contributed by atoms with van der Waals surface area (Å²) in [6, 6.07) is 15.5. The van der Waals surface area contributed by atoms with Gasteiger partial charge in [-0.25, -0.2) is 23.7 Å². The summed E-state index contributed by atoms with van der Waals surface area (Å²) in [6.45, 7) is 3.86. The van der Waals surface area contributed by atoms with Crippen molar-refractivity contribution in [2.75, 3.05) is 18.4 Å². The van der Waals surface area contributed by atoms with Crippen LogP contribution in [0.15, 0.2) is 60.9 Å². The van der Waals surface area contributed by atoms with Crippen LogP contribution in [-0.4, -0.2) is 45.8 Å². The van der Waals surface area contributed by atoms with Crippen LogP contribution in [0.25, 0.3) is 22.0 Å². The highest BCUT2D eigenvalue weighted by Crippen LogP contribution is 2.41. The van der Waals surface area contributed by atoms with E-state index in [4.69, 9.17) is 9.72 Å². The Kier molecular flexibility index (Phi) is 7.62. The van der Waals surface area contributed by atoms with Crippen LogP contribution >= 0.6 is 0 Å². The Balaban J connectivity index is 1.29. The van der Waals surface area contributed by atoms with E-state index in [1.807, 2.05) is 55.5 Å². The van der Waals surface area contributed by atoms with Crippen LogP contribution in [-0.2, 0) is 11.2 Å². The van der Waals surface area contributed by atoms with Gasteiger partial charge in [-0.1, -0.05) is 30.3 Å². The van der Waals surface area contributed by atoms with E-state index in [1.165, 1.54) is 0 Å². The SMILES string of the molecule is Cc1ccc2c(CC(=O)[C@H]3CCC(F)(F)C3)cccc2c1Oc1ncccc1-c1ccnc(N[C@H]2CCCNC2)n1. The number of carbonyl (C=O) groups is 1. The van der Waals surface area contributed by atoms with Gasteiger partial charge >= 0.3 is 0 Å². The number of benzene rings is 2. The highest BCUT2D eigenvalue weighted by atomic mass is 19.3. The molecule has 1 saturated carbocycles. The van der Waals surface area contributed by atoms with Crippen LogP contribution in [0.5, 0.6) is 11.6 Å². The van der Waals surface area contributed by atoms with Crippen LogP contribution in [0.4, 0.5) is 14.7 Å². The largest absolute Gasteiger partial charge is 0.437 e. The summed E-state index contributed by atoms with van der Waals surface area (Å²) in [4.78, 5) is 26.7. The predicted octanol–water partition coefficient (Wildman–Crippen LogP) is 6.50. The van der Waals surface area contributed by atoms with Crippen molar-refractivity contribution >= 4 is 22.5 Å². The van der Waals surface area contributed by atoms with Gasteiger partial charge in [0.05, 0.1) is 11.3 Å². The zero-order valence-corrected chi connectivity index (χ0v) is 23.0. The Bertz CT molecular complexity index is 1570. The number of rotatable bonds is 8. The number of ketones is 1. The summed E-state index contributed by atoms with van der Waals surface area (Å²) in [7, 11) is 0. The zero-order chi connectivity index (χ0) is 28.4. The van der Waals surface area contributed by atoms with E-state index >= 15 is 0 Å². The van der Waals surface area contributed by atoms with Crippen molar-refractivity contribution in [1.29, 1.82) is 0 Å². The number of anilines is 1. The van der Waals surface area contributed by atoms with Gasteiger partial charge in [-0.3, -0.25) is 4.79 Å². The third kappa shape index (κ3) is 6.05. The number of alkyl halides is 2. The highest BCUT2D eigenvalue weighted by molar-refractivity contribution is 5.96. The van der Waals surface area contributed by atoms with Crippen LogP contribution < -0.4 is 15.4 Å². The maximum atomic E-state index is 13.7. The number of aryl methyl sites for hydroxylation is 1. The summed E-state index contributed by atoms with van der Waals surface area (Å²) in [5, 5.41) is 8.51. The first-order chi connectivity index (χ1) is 19.9. The van der Waals surface area contributed by atoms with E-state index in [9.17, 15) is 13.6 Å². The van der Waals surface area contributed by atoms with Crippen molar-refractivity contribution in [1.82, 2.24) is 20.3 Å². The van der Waals surface area contributed by atoms with Gasteiger partial charge in [-0.05, 0) is 67.4 Å². The second-order valence-electron chi connectivity index (χ2n) is 11.1. The fraction of sp³-hybridized carbons (Fsp3) is 0.375. The van der Waals surface area contributed by atoms with E-state index in [-0.39, 0.29) is 37.5 Å². The van der Waals surface area contributed by atoms with Gasteiger partial charge in [0, 0.05) is 55.5 Å². The molecule has 2 aliphatic rings. The van der Waals surface area contributed by atoms with E-state index in [2.05, 4.69) is 20.6 Å². The molecule has 6 rings (SSSR count). The summed E-state index contributed by atoms with van der Waals surface area (Å²) < 4.78 is 34.0. The molecule has 7 nitrogen and oxygen atoms in total. The fourth-order valence-electron chi connectivity index (χ4n) is 5.85. The molecule has 1 saturated heterocycles. The Labute approximate surface area is 237 Å². The molecule has 2 aromatic carbocycles. The molecule has 2 N–H and O–H groups in total. The van der Waals surface area contributed by atoms with E-state index < -0.39 is 11.8 Å². The molecule has 0 unspecified atom stereocenters. The van der Waals surface area contributed by atoms with Crippen LogP contribution in [0.2, 0.25) is 0 Å². The lowest BCUT2D eigenvalue weighted by Crippen LogP contribution is -2.38. The first-order valence-electron chi connectivity index (χ1n) is 14.2. The number of piperidine rings is 1. The minimum atomic E-state index is -2.74. The van der Waals surface area contributed by atoms with Crippen molar-refractivity contribution in [3.8, 4) is 22.9 Å². The third-order valence-corrected chi connectivity index (χ3v) is 8.05. The molecule has 0 bridgehead atoms. The summed E-state index contributed by atoms with van der Waals surface area (Å²) >= 11 is 0. The van der Waals surface area contributed by atoms with E-state index in [1.54, 1.807) is 12.4 Å². The average molecular weight is 558 g/mol. The van der Waals surface area contributed by atoms with Gasteiger partial charge in [-0.15, -0.1) is 0 Å². The fourth-order valence-corrected chi connectivity index (χ4v) is 5.85. The molecular weight excluding hydrogens is 524 g/mol. The lowest BCUT2D eigenvalue weighted by atomic mass is 9.93. The molecule has 41 heavy (non-hydrogen) atoms. The molecular formula is C32H33F2N5O2. The van der Waals surface area contributed by atoms with Crippen molar-refractivity contribution in [3.63, 3.8) is 0 Å². The van der Waals surface area contributed by atoms with Crippen molar-refractivity contribution in [3.05, 3.63) is 72.1 Å². The molecule has 2 fully saturated rings. The number of aromatic nitrogens is 3. The third-order valence-electron chi connectivity index (χ3n) is 8.05. The lowest BCUT2D eigenvalue weighted by molar-refractivity contribution is -0.123. The number of fused-ring (bicyclic) bond motifs is 1. The molecule has 3 heterocycles. The Morgan fingerprint density at radius 3 is 2.78 bits per heavy atom. The molecule has 4 aromatic rings. The number of halogens is 2. The second kappa shape index (κ2) is 11.5. The maximum Gasteiger partial charge on any atom is 0.248 e. The quantitative estimate of drug-likeness (QED) is 0.256. The van der Waals surface area contributed by atoms with Gasteiger partial charge in [0.1, 0.15) is 11.5 Å². The standard InChI is InChI=1S/C32H33F2N5O2/c1-20-9-10-24-21(17-28(40)22-11-13-32(33,34)18-22)5-2-7-25(24)29(20)41-30-26(8-4-15-36-30)27-12-16-37-31(39-27)38-23-6-3-14-35-19-23/h2,4-5,7-10,12,15-16,22-23,35H,3,6,11,13-14,17-19H2,1H3,(H,37,38,39)/t22-,23-/m0/s1. The molecule has 0 radical (unpaired) electrons. The minimum absolute atomic E-state index is 0.114. The summed E-state index contributed by atoms with van der Waals surface area (Å²) in [5.74, 6) is -1.89. The molecule has 2 aromatic heterocycles. The van der Waals surface area contributed by atoms with Crippen molar-refractivity contribution in [2.24, 2.45) is 5.92 Å². The first kappa shape index (κ1) is 27.2. The van der Waals surface area contributed by atoms with Gasteiger partial charge in [0.15, 0.2) is 0 Å². The number of pyridine rings is 1. The second-order valence-corrected chi connectivity index (χ2v) is 11.1. The number of carbonyl (C=O) groups excluding carboxylic acids is 1. The molecule has 0 amide bonds. The highest BCUT2D eigenvalue weighted by Gasteiger charge is 2.42. The number of nitrogens with one attached hydrogen (secondary N) is 2. The lowest BCUT2D eigenvalue weighted by Gasteiger charge is -2.23. The topological polar surface area (TPSA) is 89.0 Å². The number of hydrogen-bond donors (Lipinski definition) is 2. The molecule has 1 aliphatic carbocycles. The van der Waals surface area contributed by atoms with Crippen molar-refractivity contribution in [2.45, 2.75) is 57.4 Å². The molecule has 9 heteroatoms. The number of ether oxygens (including phenoxy) is 1. The zero-order valence-electron chi connectivity index (χ0n) is 23.0. The van der Waals surface area contributed by atoms with Gasteiger partial charge in [0.2, 0.25) is 17.8 Å². The normalized spacial score (nSPS) is 20.2. The van der Waals surface area contributed by atoms with E-state index in [0.29, 0.717) is 23.3 Å². The maximum absolute atomic E-state index is 13.7. The Morgan fingerprint density at radius 1 is 1.07 bits per heavy atom. The molecule has 1 aliphatic heterocycles. The van der Waals surface area contributed by atoms with Gasteiger partial charge < -0.3 is 15.4 Å². The van der Waals surface area contributed by atoms with Gasteiger partial charge in [-0.2, -0.15) is 0 Å². The molecule has 212 valence electrons. The summed E-state index contributed by atoms with van der Waals surface area (Å²) in [6.07, 6.45) is 5.35. The number of Topliss-reactive ketones (excluding diaryl/α,β-unsaturated/α-hetero) is 1.